The predicted molar refractivity (Wildman–Crippen MR) is 336 cm³/mol. The Labute approximate surface area is 540 Å². The number of thiazole rings is 2. The molecule has 10 atom stereocenters. The lowest BCUT2D eigenvalue weighted by molar-refractivity contribution is -0.148. The second-order valence-corrected chi connectivity index (χ2v) is 27.0. The molecular formula is C67H72BF6N5O12S2. The summed E-state index contributed by atoms with van der Waals surface area (Å²) in [5, 5.41) is 38.2. The number of halogens is 6. The second-order valence-electron chi connectivity index (χ2n) is 25.0. The number of carboxylic acids is 2. The van der Waals surface area contributed by atoms with Gasteiger partial charge in [-0.15, -0.1) is 0 Å². The first-order valence-electron chi connectivity index (χ1n) is 31.3. The van der Waals surface area contributed by atoms with Crippen LogP contribution in [0, 0.1) is 28.6 Å². The van der Waals surface area contributed by atoms with E-state index in [-0.39, 0.29) is 79.5 Å². The van der Waals surface area contributed by atoms with E-state index in [9.17, 15) is 65.3 Å². The van der Waals surface area contributed by atoms with Crippen molar-refractivity contribution in [3.8, 4) is 10.4 Å². The van der Waals surface area contributed by atoms with Gasteiger partial charge in [0, 0.05) is 31.6 Å². The summed E-state index contributed by atoms with van der Waals surface area (Å²) in [5.74, 6) is -4.12. The molecule has 0 spiro atoms. The number of Topliss-reactive ketones (excluding diaryl/α,β-unsaturated/α-hetero) is 2. The number of fused-ring (bicyclic) bond motifs is 6. The molecule has 6 heterocycles. The van der Waals surface area contributed by atoms with Crippen LogP contribution in [0.25, 0.3) is 20.4 Å². The number of aromatic nitrogens is 2. The molecule has 4 fully saturated rings. The van der Waals surface area contributed by atoms with Crippen LogP contribution in [0.15, 0.2) is 121 Å². The van der Waals surface area contributed by atoms with Crippen molar-refractivity contribution in [2.24, 2.45) is 34.3 Å². The molecule has 12 rings (SSSR count). The average Bonchev–Trinajstić information content (AvgIpc) is 1.60. The maximum atomic E-state index is 14.3. The fraction of sp³-hybridized carbons (Fsp3) is 0.463. The number of amides is 2. The van der Waals surface area contributed by atoms with Gasteiger partial charge >= 0.3 is 31.4 Å². The Morgan fingerprint density at radius 2 is 1.09 bits per heavy atom. The number of ketones is 2. The molecule has 6 N–H and O–H groups in total. The van der Waals surface area contributed by atoms with Crippen LogP contribution < -0.4 is 20.7 Å². The molecule has 4 aliphatic heterocycles. The second kappa shape index (κ2) is 29.0. The number of carboxylic acid groups (broad SMARTS) is 2. The Morgan fingerprint density at radius 3 is 1.57 bits per heavy atom. The highest BCUT2D eigenvalue weighted by atomic mass is 32.1. The number of benzene rings is 4. The number of ether oxygens (including phenoxy) is 2. The van der Waals surface area contributed by atoms with Crippen LogP contribution in [-0.4, -0.2) is 126 Å². The Morgan fingerprint density at radius 1 is 0.613 bits per heavy atom. The van der Waals surface area contributed by atoms with Gasteiger partial charge in [0.25, 0.3) is 10.4 Å². The summed E-state index contributed by atoms with van der Waals surface area (Å²) in [6.45, 7) is 0.343. The molecule has 2 aliphatic carbocycles. The number of carbonyl (C=O) groups is 6. The minimum Gasteiger partial charge on any atom is -0.481 e. The zero-order chi connectivity index (χ0) is 66.4. The number of carbonyl (C=O) groups excluding carboxylic acids is 4. The molecule has 2 amide bonds. The summed E-state index contributed by atoms with van der Waals surface area (Å²) in [7, 11) is -1.87. The van der Waals surface area contributed by atoms with Gasteiger partial charge < -0.3 is 45.3 Å². The third-order valence-corrected chi connectivity index (χ3v) is 20.3. The lowest BCUT2D eigenvalue weighted by atomic mass is 9.79. The van der Waals surface area contributed by atoms with Crippen molar-refractivity contribution in [3.63, 3.8) is 0 Å². The first kappa shape index (κ1) is 68.3. The number of alkyl halides is 6. The van der Waals surface area contributed by atoms with Gasteiger partial charge in [0.15, 0.2) is 11.6 Å². The zero-order valence-corrected chi connectivity index (χ0v) is 52.3. The van der Waals surface area contributed by atoms with Gasteiger partial charge in [0.2, 0.25) is 11.8 Å². The van der Waals surface area contributed by atoms with E-state index >= 15 is 0 Å². The van der Waals surface area contributed by atoms with Gasteiger partial charge in [-0.3, -0.25) is 28.8 Å². The van der Waals surface area contributed by atoms with Crippen molar-refractivity contribution >= 4 is 91.0 Å². The maximum absolute atomic E-state index is 14.3. The topological polar surface area (TPSA) is 260 Å². The van der Waals surface area contributed by atoms with Gasteiger partial charge in [0.1, 0.15) is 12.2 Å². The van der Waals surface area contributed by atoms with Crippen LogP contribution in [0.4, 0.5) is 26.3 Å². The molecule has 2 saturated carbocycles. The fourth-order valence-corrected chi connectivity index (χ4v) is 14.9. The third kappa shape index (κ3) is 16.5. The van der Waals surface area contributed by atoms with Crippen LogP contribution in [0.1, 0.15) is 119 Å². The van der Waals surface area contributed by atoms with E-state index in [1.807, 2.05) is 72.8 Å². The van der Waals surface area contributed by atoms with Crippen molar-refractivity contribution in [2.75, 3.05) is 13.1 Å². The van der Waals surface area contributed by atoms with Gasteiger partial charge in [-0.25, -0.2) is 9.97 Å². The number of nitrogens with zero attached hydrogens (tertiary/aromatic N) is 4. The van der Waals surface area contributed by atoms with Crippen molar-refractivity contribution in [2.45, 2.75) is 152 Å². The highest BCUT2D eigenvalue weighted by Crippen LogP contribution is 2.58. The van der Waals surface area contributed by atoms with Crippen molar-refractivity contribution in [1.29, 1.82) is 0 Å². The Kier molecular flexibility index (Phi) is 21.3. The number of hydrogen-bond acceptors (Lipinski definition) is 15. The van der Waals surface area contributed by atoms with E-state index in [0.29, 0.717) is 60.5 Å². The maximum Gasteiger partial charge on any atom is 0.488 e. The van der Waals surface area contributed by atoms with Gasteiger partial charge in [-0.2, -0.15) is 26.3 Å². The summed E-state index contributed by atoms with van der Waals surface area (Å²) in [6.07, 6.45) is 6.86. The lowest BCUT2D eigenvalue weighted by Gasteiger charge is -2.29. The van der Waals surface area contributed by atoms with Crippen molar-refractivity contribution < 1.29 is 84.8 Å². The molecular weight excluding hydrogens is 1260 g/mol. The molecule has 17 nitrogen and oxygen atoms in total. The smallest absolute Gasteiger partial charge is 0.481 e. The molecule has 494 valence electrons. The van der Waals surface area contributed by atoms with E-state index < -0.39 is 89.6 Å². The highest BCUT2D eigenvalue weighted by Gasteiger charge is 2.62. The Hall–Kier alpha value is -7.52. The molecule has 0 bridgehead atoms. The van der Waals surface area contributed by atoms with Crippen LogP contribution in [-0.2, 0) is 47.5 Å². The molecule has 0 radical (unpaired) electrons. The Bertz CT molecular complexity index is 3700. The van der Waals surface area contributed by atoms with Crippen LogP contribution in [0.3, 0.4) is 0 Å². The summed E-state index contributed by atoms with van der Waals surface area (Å²) < 4.78 is 91.0. The molecule has 26 heteroatoms. The van der Waals surface area contributed by atoms with Crippen LogP contribution in [0.2, 0.25) is 0 Å². The average molecular weight is 1330 g/mol. The van der Waals surface area contributed by atoms with E-state index in [0.717, 1.165) is 89.6 Å². The van der Waals surface area contributed by atoms with E-state index in [2.05, 4.69) is 9.97 Å². The first-order valence-corrected chi connectivity index (χ1v) is 32.9. The SMILES string of the molecule is N[C@H]1CCCCC/C=C\[C@@H]2C[C@@]2(C(=O)O)CC(=O)[C@@H]2C[C@@H](Oc3nc4ccccc4s3)CN2C1=O.O=C1C[C@]2(C(=O)O)C[C@H]2/C=C\CCCCC[C@H](Cc2cccc(C(F)(F)F)c2)C(=O)N2C[C@H](Oc3nc4ccccc4s3)C[C@@H]12.OB(O)c1cccc(C(F)(F)F)c1. The summed E-state index contributed by atoms with van der Waals surface area (Å²) >= 11 is 2.79. The van der Waals surface area contributed by atoms with Crippen molar-refractivity contribution in [3.05, 3.63) is 138 Å². The number of hydrogen-bond donors (Lipinski definition) is 5. The van der Waals surface area contributed by atoms with Gasteiger partial charge in [-0.1, -0.05) is 139 Å². The first-order chi connectivity index (χ1) is 44.3. The number of aliphatic carboxylic acids is 2. The van der Waals surface area contributed by atoms with Crippen molar-refractivity contribution in [1.82, 2.24) is 19.8 Å². The molecule has 6 aliphatic rings. The van der Waals surface area contributed by atoms with Crippen LogP contribution >= 0.6 is 22.7 Å². The monoisotopic (exact) mass is 1330 g/mol. The molecule has 4 aromatic carbocycles. The normalized spacial score (nSPS) is 27.8. The number of allylic oxidation sites excluding steroid dienone is 4. The van der Waals surface area contributed by atoms with Gasteiger partial charge in [-0.05, 0) is 111 Å². The lowest BCUT2D eigenvalue weighted by Crippen LogP contribution is -2.49. The summed E-state index contributed by atoms with van der Waals surface area (Å²) in [6, 6.07) is 21.9. The van der Waals surface area contributed by atoms with Gasteiger partial charge in [0.05, 0.1) is 73.6 Å². The molecule has 6 aromatic rings. The van der Waals surface area contributed by atoms with E-state index in [1.54, 1.807) is 6.07 Å². The molecule has 2 saturated heterocycles. The molecule has 0 unspecified atom stereocenters. The summed E-state index contributed by atoms with van der Waals surface area (Å²) in [4.78, 5) is 91.6. The zero-order valence-electron chi connectivity index (χ0n) is 50.7. The molecule has 93 heavy (non-hydrogen) atoms. The number of rotatable bonds is 9. The molecule has 2 aromatic heterocycles. The fourth-order valence-electron chi connectivity index (χ4n) is 13.1. The number of nitrogens with two attached hydrogens (primary N) is 1. The predicted octanol–water partition coefficient (Wildman–Crippen LogP) is 11.0. The minimum absolute atomic E-state index is 0.0884. The minimum atomic E-state index is -4.51. The van der Waals surface area contributed by atoms with Crippen LogP contribution in [0.5, 0.6) is 10.4 Å². The quantitative estimate of drug-likeness (QED) is 0.0512. The number of para-hydroxylation sites is 2. The summed E-state index contributed by atoms with van der Waals surface area (Å²) in [5.41, 5.74) is 4.18. The standard InChI is InChI=1S/C34H35F3N2O5S.C26H31N3O5S.C7H6BF3O2/c35-34(36,37)23-12-8-9-21(16-23)15-22-10-4-2-1-3-5-11-24-18-33(24,31(42)43)19-28(40)27-17-25(20-39(27)30(22)41)44-32-38-26-13-6-7-14-29(26)45-32;27-18-9-5-3-1-2-4-8-16-13-26(16,24(32)33)14-21(30)20-12-17(15-29(20)23(18)31)34-25-28-19-10-6-7-11-22(19)35-25;9-7(10,11)5-2-1-3-6(4-5)8(12)13/h5-9,11-14,16,22,24-25,27H,1-4,10,15,17-20H2,(H,42,43);4,6-8,10-11,16-18,20H,1-3,5,9,12-15,27H2,(H,32,33);1-4,12-13H/b11-5-;8-4-;/t22-,24-,25-,27+,33-;16-,17-,18+,20+,26-;/m11./s1. The highest BCUT2D eigenvalue weighted by molar-refractivity contribution is 7.20. The Balaban J connectivity index is 0.000000174. The third-order valence-electron chi connectivity index (χ3n) is 18.5. The van der Waals surface area contributed by atoms with E-state index in [4.69, 9.17) is 25.3 Å². The van der Waals surface area contributed by atoms with E-state index in [1.165, 1.54) is 44.6 Å². The largest absolute Gasteiger partial charge is 0.488 e.